The van der Waals surface area contributed by atoms with Crippen molar-refractivity contribution < 1.29 is 9.00 Å². The standard InChI is InChI=1S/C15H25N3O2S/c1-5-15(6-2)11-17(7-8-21(15)20)14(19)13-9-16-18(10-13)12(3)4/h9-10,12H,5-8,11H2,1-4H3. The molecule has 118 valence electrons. The monoisotopic (exact) mass is 311 g/mol. The lowest BCUT2D eigenvalue weighted by Crippen LogP contribution is -2.54. The molecule has 0 aliphatic carbocycles. The Balaban J connectivity index is 2.17. The molecule has 21 heavy (non-hydrogen) atoms. The lowest BCUT2D eigenvalue weighted by atomic mass is 10.0. The molecule has 5 nitrogen and oxygen atoms in total. The average Bonchev–Trinajstić information content (AvgIpc) is 2.97. The molecule has 1 saturated heterocycles. The summed E-state index contributed by atoms with van der Waals surface area (Å²) in [7, 11) is -0.847. The molecule has 2 heterocycles. The second kappa shape index (κ2) is 6.30. The van der Waals surface area contributed by atoms with Crippen LogP contribution in [-0.4, -0.2) is 48.4 Å². The zero-order valence-electron chi connectivity index (χ0n) is 13.3. The van der Waals surface area contributed by atoms with Crippen molar-refractivity contribution in [2.75, 3.05) is 18.8 Å². The highest BCUT2D eigenvalue weighted by atomic mass is 32.2. The van der Waals surface area contributed by atoms with E-state index in [1.165, 1.54) is 0 Å². The van der Waals surface area contributed by atoms with Crippen molar-refractivity contribution in [3.8, 4) is 0 Å². The van der Waals surface area contributed by atoms with E-state index in [0.717, 1.165) is 12.8 Å². The number of aromatic nitrogens is 2. The van der Waals surface area contributed by atoms with Crippen LogP contribution in [0.3, 0.4) is 0 Å². The van der Waals surface area contributed by atoms with Gasteiger partial charge in [-0.3, -0.25) is 13.7 Å². The molecule has 6 heteroatoms. The van der Waals surface area contributed by atoms with Crippen LogP contribution >= 0.6 is 0 Å². The molecule has 1 fully saturated rings. The average molecular weight is 311 g/mol. The van der Waals surface area contributed by atoms with Gasteiger partial charge >= 0.3 is 0 Å². The summed E-state index contributed by atoms with van der Waals surface area (Å²) in [4.78, 5) is 14.5. The third-order valence-electron chi connectivity index (χ3n) is 4.46. The molecule has 1 unspecified atom stereocenters. The van der Waals surface area contributed by atoms with E-state index >= 15 is 0 Å². The Morgan fingerprint density at radius 2 is 2.10 bits per heavy atom. The van der Waals surface area contributed by atoms with E-state index in [4.69, 9.17) is 0 Å². The third kappa shape index (κ3) is 3.05. The summed E-state index contributed by atoms with van der Waals surface area (Å²) in [5.74, 6) is 0.580. The molecule has 1 aromatic rings. The molecule has 1 aliphatic rings. The Morgan fingerprint density at radius 1 is 1.43 bits per heavy atom. The number of amides is 1. The van der Waals surface area contributed by atoms with Crippen molar-refractivity contribution in [3.63, 3.8) is 0 Å². The van der Waals surface area contributed by atoms with E-state index in [1.807, 2.05) is 18.7 Å². The summed E-state index contributed by atoms with van der Waals surface area (Å²) in [5, 5.41) is 4.23. The van der Waals surface area contributed by atoms with Gasteiger partial charge in [-0.15, -0.1) is 0 Å². The SMILES string of the molecule is CCC1(CC)CN(C(=O)c2cnn(C(C)C)c2)CCS1=O. The van der Waals surface area contributed by atoms with Gasteiger partial charge < -0.3 is 4.90 Å². The fourth-order valence-electron chi connectivity index (χ4n) is 2.79. The summed E-state index contributed by atoms with van der Waals surface area (Å²) in [6, 6.07) is 0.241. The first kappa shape index (κ1) is 16.2. The largest absolute Gasteiger partial charge is 0.336 e. The van der Waals surface area contributed by atoms with Crippen LogP contribution in [0.25, 0.3) is 0 Å². The molecule has 1 aromatic heterocycles. The molecule has 0 aromatic carbocycles. The first-order chi connectivity index (χ1) is 9.93. The van der Waals surface area contributed by atoms with Gasteiger partial charge in [-0.2, -0.15) is 5.10 Å². The minimum absolute atomic E-state index is 0.00451. The van der Waals surface area contributed by atoms with Gasteiger partial charge in [0, 0.05) is 41.9 Å². The van der Waals surface area contributed by atoms with E-state index < -0.39 is 10.8 Å². The Labute approximate surface area is 129 Å². The van der Waals surface area contributed by atoms with Gasteiger partial charge in [0.05, 0.1) is 16.5 Å². The highest BCUT2D eigenvalue weighted by molar-refractivity contribution is 7.86. The number of nitrogens with zero attached hydrogens (tertiary/aromatic N) is 3. The number of carbonyl (C=O) groups excluding carboxylic acids is 1. The van der Waals surface area contributed by atoms with Crippen molar-refractivity contribution in [3.05, 3.63) is 18.0 Å². The van der Waals surface area contributed by atoms with Gasteiger partial charge in [0.25, 0.3) is 5.91 Å². The van der Waals surface area contributed by atoms with Crippen LogP contribution in [0.5, 0.6) is 0 Å². The number of carbonyl (C=O) groups is 1. The second-order valence-corrected chi connectivity index (χ2v) is 7.93. The van der Waals surface area contributed by atoms with Crippen molar-refractivity contribution in [1.29, 1.82) is 0 Å². The van der Waals surface area contributed by atoms with Gasteiger partial charge in [0.15, 0.2) is 0 Å². The first-order valence-electron chi connectivity index (χ1n) is 7.65. The Hall–Kier alpha value is -1.17. The lowest BCUT2D eigenvalue weighted by Gasteiger charge is -2.41. The quantitative estimate of drug-likeness (QED) is 0.857. The van der Waals surface area contributed by atoms with Crippen LogP contribution in [0, 0.1) is 0 Å². The van der Waals surface area contributed by atoms with Crippen molar-refractivity contribution in [2.45, 2.75) is 51.3 Å². The van der Waals surface area contributed by atoms with E-state index in [0.29, 0.717) is 24.4 Å². The highest BCUT2D eigenvalue weighted by Gasteiger charge is 2.40. The molecule has 0 N–H and O–H groups in total. The fraction of sp³-hybridized carbons (Fsp3) is 0.733. The van der Waals surface area contributed by atoms with Gasteiger partial charge in [-0.25, -0.2) is 0 Å². The fourth-order valence-corrected chi connectivity index (χ4v) is 4.55. The molecule has 0 saturated carbocycles. The summed E-state index contributed by atoms with van der Waals surface area (Å²) in [6.07, 6.45) is 5.11. The van der Waals surface area contributed by atoms with Crippen molar-refractivity contribution in [2.24, 2.45) is 0 Å². The predicted octanol–water partition coefficient (Wildman–Crippen LogP) is 2.23. The Bertz CT molecular complexity index is 535. The topological polar surface area (TPSA) is 55.2 Å². The number of hydrogen-bond donors (Lipinski definition) is 0. The maximum absolute atomic E-state index is 12.6. The maximum atomic E-state index is 12.6. The summed E-state index contributed by atoms with van der Waals surface area (Å²) < 4.78 is 13.9. The molecule has 1 aliphatic heterocycles. The minimum Gasteiger partial charge on any atom is -0.336 e. The highest BCUT2D eigenvalue weighted by Crippen LogP contribution is 2.29. The van der Waals surface area contributed by atoms with E-state index in [2.05, 4.69) is 18.9 Å². The Morgan fingerprint density at radius 3 is 2.62 bits per heavy atom. The van der Waals surface area contributed by atoms with Gasteiger partial charge in [-0.1, -0.05) is 13.8 Å². The summed E-state index contributed by atoms with van der Waals surface area (Å²) in [6.45, 7) is 9.34. The number of rotatable bonds is 4. The van der Waals surface area contributed by atoms with E-state index in [1.54, 1.807) is 17.1 Å². The van der Waals surface area contributed by atoms with Crippen LogP contribution in [0.15, 0.2) is 12.4 Å². The predicted molar refractivity (Wildman–Crippen MR) is 84.8 cm³/mol. The van der Waals surface area contributed by atoms with Crippen LogP contribution in [0.1, 0.15) is 56.9 Å². The van der Waals surface area contributed by atoms with Crippen molar-refractivity contribution in [1.82, 2.24) is 14.7 Å². The van der Waals surface area contributed by atoms with Crippen LogP contribution in [-0.2, 0) is 10.8 Å². The molecular formula is C15H25N3O2S. The zero-order chi connectivity index (χ0) is 15.6. The summed E-state index contributed by atoms with van der Waals surface area (Å²) >= 11 is 0. The molecule has 0 radical (unpaired) electrons. The van der Waals surface area contributed by atoms with Gasteiger partial charge in [0.2, 0.25) is 0 Å². The molecule has 1 amide bonds. The van der Waals surface area contributed by atoms with E-state index in [9.17, 15) is 9.00 Å². The molecule has 0 bridgehead atoms. The smallest absolute Gasteiger partial charge is 0.257 e. The number of hydrogen-bond acceptors (Lipinski definition) is 3. The second-order valence-electron chi connectivity index (χ2n) is 5.97. The normalized spacial score (nSPS) is 21.8. The molecule has 1 atom stereocenters. The van der Waals surface area contributed by atoms with Crippen molar-refractivity contribution >= 4 is 16.7 Å². The minimum atomic E-state index is -0.847. The molecule has 2 rings (SSSR count). The summed E-state index contributed by atoms with van der Waals surface area (Å²) in [5.41, 5.74) is 0.623. The Kier molecular flexibility index (Phi) is 4.86. The zero-order valence-corrected chi connectivity index (χ0v) is 14.2. The van der Waals surface area contributed by atoms with Gasteiger partial charge in [-0.05, 0) is 26.7 Å². The molecule has 0 spiro atoms. The van der Waals surface area contributed by atoms with Gasteiger partial charge in [0.1, 0.15) is 0 Å². The van der Waals surface area contributed by atoms with Crippen LogP contribution in [0.2, 0.25) is 0 Å². The third-order valence-corrected chi connectivity index (χ3v) is 6.69. The first-order valence-corrected chi connectivity index (χ1v) is 8.97. The van der Waals surface area contributed by atoms with E-state index in [-0.39, 0.29) is 16.7 Å². The van der Waals surface area contributed by atoms with Crippen LogP contribution in [0.4, 0.5) is 0 Å². The maximum Gasteiger partial charge on any atom is 0.257 e. The molecular weight excluding hydrogens is 286 g/mol. The van der Waals surface area contributed by atoms with Crippen LogP contribution < -0.4 is 0 Å². The lowest BCUT2D eigenvalue weighted by molar-refractivity contribution is 0.0736.